The molecule has 196 valence electrons. The molecule has 2 aromatic heterocycles. The topological polar surface area (TPSA) is 82.5 Å². The first-order valence-electron chi connectivity index (χ1n) is 12.3. The van der Waals surface area contributed by atoms with Crippen molar-refractivity contribution in [3.63, 3.8) is 0 Å². The first-order valence-corrected chi connectivity index (χ1v) is 12.3. The number of anilines is 3. The average molecular weight is 519 g/mol. The smallest absolute Gasteiger partial charge is 0.325 e. The van der Waals surface area contributed by atoms with Gasteiger partial charge in [-0.15, -0.1) is 0 Å². The van der Waals surface area contributed by atoms with E-state index < -0.39 is 6.43 Å². The highest BCUT2D eigenvalue weighted by Gasteiger charge is 2.29. The van der Waals surface area contributed by atoms with E-state index in [-0.39, 0.29) is 24.4 Å². The number of likely N-dealkylation sites (tertiary alicyclic amines) is 1. The summed E-state index contributed by atoms with van der Waals surface area (Å²) in [5.41, 5.74) is 4.07. The van der Waals surface area contributed by atoms with Gasteiger partial charge < -0.3 is 15.5 Å². The van der Waals surface area contributed by atoms with Gasteiger partial charge in [-0.1, -0.05) is 12.1 Å². The van der Waals surface area contributed by atoms with Gasteiger partial charge >= 0.3 is 6.03 Å². The van der Waals surface area contributed by atoms with Crippen molar-refractivity contribution >= 4 is 40.0 Å². The number of benzene rings is 2. The van der Waals surface area contributed by atoms with Crippen LogP contribution < -0.4 is 15.5 Å². The molecule has 1 aliphatic heterocycles. The molecule has 0 saturated carbocycles. The number of hydrogen-bond donors (Lipinski definition) is 2. The van der Waals surface area contributed by atoms with Gasteiger partial charge in [0.1, 0.15) is 5.82 Å². The van der Waals surface area contributed by atoms with Crippen LogP contribution in [0.5, 0.6) is 0 Å². The van der Waals surface area contributed by atoms with Gasteiger partial charge in [0.2, 0.25) is 0 Å². The van der Waals surface area contributed by atoms with Gasteiger partial charge in [-0.3, -0.25) is 14.3 Å². The minimum absolute atomic E-state index is 0.196. The second-order valence-corrected chi connectivity index (χ2v) is 9.32. The van der Waals surface area contributed by atoms with Crippen LogP contribution in [0.1, 0.15) is 21.8 Å². The maximum atomic E-state index is 12.8. The molecule has 10 heteroatoms. The van der Waals surface area contributed by atoms with Crippen molar-refractivity contribution in [3.05, 3.63) is 84.2 Å². The van der Waals surface area contributed by atoms with E-state index in [1.54, 1.807) is 47.1 Å². The van der Waals surface area contributed by atoms with Crippen LogP contribution in [-0.2, 0) is 0 Å². The largest absolute Gasteiger partial charge is 0.344 e. The number of nitrogens with zero attached hydrogens (tertiary/aromatic N) is 4. The summed E-state index contributed by atoms with van der Waals surface area (Å²) in [7, 11) is 3.51. The summed E-state index contributed by atoms with van der Waals surface area (Å²) < 4.78 is 26.6. The number of halogens is 2. The second kappa shape index (κ2) is 10.6. The van der Waals surface area contributed by atoms with Crippen LogP contribution in [0.4, 0.5) is 30.8 Å². The van der Waals surface area contributed by atoms with Gasteiger partial charge in [-0.05, 0) is 48.0 Å². The maximum Gasteiger partial charge on any atom is 0.325 e. The zero-order valence-electron chi connectivity index (χ0n) is 21.1. The molecule has 4 aromatic rings. The van der Waals surface area contributed by atoms with Crippen LogP contribution in [0.2, 0.25) is 0 Å². The number of pyridine rings is 1. The Hall–Kier alpha value is -4.31. The number of alkyl halides is 2. The molecule has 0 atom stereocenters. The van der Waals surface area contributed by atoms with Crippen molar-refractivity contribution in [2.45, 2.75) is 12.3 Å². The zero-order chi connectivity index (χ0) is 26.8. The lowest BCUT2D eigenvalue weighted by Gasteiger charge is -2.39. The van der Waals surface area contributed by atoms with Crippen LogP contribution >= 0.6 is 0 Å². The number of carbonyl (C=O) groups is 2. The number of carbonyl (C=O) groups excluding carboxylic acids is 2. The Balaban J connectivity index is 1.24. The number of rotatable bonds is 7. The first-order chi connectivity index (χ1) is 18.3. The molecule has 5 rings (SSSR count). The molecular formula is C28H28F2N6O2. The van der Waals surface area contributed by atoms with E-state index in [1.807, 2.05) is 54.4 Å². The predicted molar refractivity (Wildman–Crippen MR) is 144 cm³/mol. The minimum Gasteiger partial charge on any atom is -0.344 e. The molecule has 2 amide bonds. The summed E-state index contributed by atoms with van der Waals surface area (Å²) in [4.78, 5) is 32.9. The fraction of sp³-hybridized carbons (Fsp3) is 0.250. The molecule has 1 aliphatic rings. The van der Waals surface area contributed by atoms with E-state index in [0.29, 0.717) is 24.5 Å². The molecule has 8 nitrogen and oxygen atoms in total. The second-order valence-electron chi connectivity index (χ2n) is 9.32. The summed E-state index contributed by atoms with van der Waals surface area (Å²) in [5.74, 6) is 0.340. The lowest BCUT2D eigenvalue weighted by molar-refractivity contribution is 0.0466. The van der Waals surface area contributed by atoms with Crippen molar-refractivity contribution in [2.75, 3.05) is 43.9 Å². The number of aromatic nitrogens is 2. The van der Waals surface area contributed by atoms with Crippen LogP contribution in [0.15, 0.2) is 73.1 Å². The number of nitrogens with one attached hydrogen (secondary N) is 2. The molecule has 2 aromatic carbocycles. The van der Waals surface area contributed by atoms with Crippen molar-refractivity contribution in [1.82, 2.24) is 19.8 Å². The van der Waals surface area contributed by atoms with E-state index in [1.165, 1.54) is 0 Å². The highest BCUT2D eigenvalue weighted by atomic mass is 19.3. The summed E-state index contributed by atoms with van der Waals surface area (Å²) in [6.07, 6.45) is 1.04. The van der Waals surface area contributed by atoms with Gasteiger partial charge in [0, 0.05) is 73.9 Å². The van der Waals surface area contributed by atoms with E-state index in [0.717, 1.165) is 27.8 Å². The first kappa shape index (κ1) is 25.3. The summed E-state index contributed by atoms with van der Waals surface area (Å²) in [5, 5.41) is 6.39. The number of amides is 2. The highest BCUT2D eigenvalue weighted by molar-refractivity contribution is 6.04. The fourth-order valence-electron chi connectivity index (χ4n) is 4.70. The van der Waals surface area contributed by atoms with Crippen LogP contribution in [0.25, 0.3) is 10.9 Å². The molecule has 38 heavy (non-hydrogen) atoms. The Kier molecular flexibility index (Phi) is 7.06. The molecule has 3 heterocycles. The van der Waals surface area contributed by atoms with Crippen LogP contribution in [-0.4, -0.2) is 66.5 Å². The Morgan fingerprint density at radius 3 is 2.50 bits per heavy atom. The minimum atomic E-state index is -2.32. The van der Waals surface area contributed by atoms with E-state index in [9.17, 15) is 18.4 Å². The number of hydrogen-bond acceptors (Lipinski definition) is 5. The molecule has 0 radical (unpaired) electrons. The summed E-state index contributed by atoms with van der Waals surface area (Å²) in [6.45, 7) is 1.01. The standard InChI is InChI=1S/C28H28F2N6O2/c1-31-28(38)36-12-10-20-13-22(7-8-24(20)36)34(2)23-9-11-32-26(14-23)33-27(37)19-5-3-18(4-6-19)21-15-35(16-21)17-25(29)30/h3-14,21,25H,15-17H2,1-2H3,(H,31,38)(H,32,33,37). The average Bonchev–Trinajstić information content (AvgIpc) is 3.33. The quantitative estimate of drug-likeness (QED) is 0.363. The van der Waals surface area contributed by atoms with Crippen molar-refractivity contribution in [1.29, 1.82) is 0 Å². The molecule has 0 bridgehead atoms. The van der Waals surface area contributed by atoms with Crippen LogP contribution in [0, 0.1) is 0 Å². The van der Waals surface area contributed by atoms with Gasteiger partial charge in [-0.25, -0.2) is 18.6 Å². The van der Waals surface area contributed by atoms with Crippen molar-refractivity contribution in [2.24, 2.45) is 0 Å². The van der Waals surface area contributed by atoms with Gasteiger partial charge in [0.15, 0.2) is 0 Å². The summed E-state index contributed by atoms with van der Waals surface area (Å²) >= 11 is 0. The fourth-order valence-corrected chi connectivity index (χ4v) is 4.70. The molecule has 2 N–H and O–H groups in total. The lowest BCUT2D eigenvalue weighted by Crippen LogP contribution is -2.46. The predicted octanol–water partition coefficient (Wildman–Crippen LogP) is 4.91. The van der Waals surface area contributed by atoms with Crippen LogP contribution in [0.3, 0.4) is 0 Å². The molecule has 1 fully saturated rings. The SMILES string of the molecule is CNC(=O)n1ccc2cc(N(C)c3ccnc(NC(=O)c4ccc(C5CN(CC(F)F)C5)cc4)c3)ccc21. The van der Waals surface area contributed by atoms with E-state index in [4.69, 9.17) is 0 Å². The third-order valence-corrected chi connectivity index (χ3v) is 6.86. The Morgan fingerprint density at radius 2 is 1.79 bits per heavy atom. The Labute approximate surface area is 218 Å². The molecule has 0 aliphatic carbocycles. The Bertz CT molecular complexity index is 1460. The normalized spacial score (nSPS) is 13.9. The van der Waals surface area contributed by atoms with E-state index >= 15 is 0 Å². The number of fused-ring (bicyclic) bond motifs is 1. The maximum absolute atomic E-state index is 12.8. The summed E-state index contributed by atoms with van der Waals surface area (Å²) in [6, 6.07) is 18.4. The van der Waals surface area contributed by atoms with Gasteiger partial charge in [-0.2, -0.15) is 0 Å². The lowest BCUT2D eigenvalue weighted by atomic mass is 9.91. The van der Waals surface area contributed by atoms with Crippen molar-refractivity contribution < 1.29 is 18.4 Å². The molecule has 0 spiro atoms. The molecule has 0 unspecified atom stereocenters. The van der Waals surface area contributed by atoms with Gasteiger partial charge in [0.05, 0.1) is 12.1 Å². The highest BCUT2D eigenvalue weighted by Crippen LogP contribution is 2.30. The Morgan fingerprint density at radius 1 is 1.05 bits per heavy atom. The monoisotopic (exact) mass is 518 g/mol. The van der Waals surface area contributed by atoms with Crippen molar-refractivity contribution in [3.8, 4) is 0 Å². The van der Waals surface area contributed by atoms with E-state index in [2.05, 4.69) is 15.6 Å². The molecule has 1 saturated heterocycles. The third-order valence-electron chi connectivity index (χ3n) is 6.86. The van der Waals surface area contributed by atoms with Gasteiger partial charge in [0.25, 0.3) is 12.3 Å². The third kappa shape index (κ3) is 5.21. The molecular weight excluding hydrogens is 490 g/mol. The zero-order valence-corrected chi connectivity index (χ0v) is 21.1.